The number of carbonyl (C=O) groups excluding carboxylic acids is 1. The third kappa shape index (κ3) is 29.7. The molecule has 0 aromatic heterocycles. The Bertz CT molecular complexity index is 749. The number of hydrogen-bond acceptors (Lipinski definition) is 6. The van der Waals surface area contributed by atoms with E-state index in [0.717, 1.165) is 51.4 Å². The van der Waals surface area contributed by atoms with Gasteiger partial charge in [0, 0.05) is 13.0 Å². The van der Waals surface area contributed by atoms with Gasteiger partial charge in [0.15, 0.2) is 0 Å². The van der Waals surface area contributed by atoms with E-state index in [2.05, 4.69) is 31.3 Å². The van der Waals surface area contributed by atoms with Crippen LogP contribution in [-0.2, 0) is 18.4 Å². The molecule has 0 radical (unpaired) electrons. The van der Waals surface area contributed by atoms with E-state index in [9.17, 15) is 19.4 Å². The van der Waals surface area contributed by atoms with Crippen molar-refractivity contribution in [2.45, 2.75) is 174 Å². The van der Waals surface area contributed by atoms with Crippen molar-refractivity contribution in [3.63, 3.8) is 0 Å². The molecule has 0 aliphatic rings. The summed E-state index contributed by atoms with van der Waals surface area (Å²) in [5.41, 5.74) is 5.34. The van der Waals surface area contributed by atoms with Crippen LogP contribution in [0.2, 0.25) is 0 Å². The van der Waals surface area contributed by atoms with E-state index in [1.54, 1.807) is 6.08 Å². The van der Waals surface area contributed by atoms with Crippen LogP contribution in [0.15, 0.2) is 24.3 Å². The van der Waals surface area contributed by atoms with E-state index in [1.807, 2.05) is 6.08 Å². The standard InChI is InChI=1S/C35H69N2O6P/c1-3-5-7-9-11-13-15-17-18-20-22-24-26-28-34(38)33(32-43-44(40,41)42-31-30-36)37-35(39)29-27-25-23-21-19-16-14-12-10-8-6-4-2/h12,14,26,28,33-34,38H,3-11,13,15-25,27,29-32,36H2,1-2H3,(H,37,39)(H,40,41)/b14-12-,28-26+. The Kier molecular flexibility index (Phi) is 31.2. The van der Waals surface area contributed by atoms with Gasteiger partial charge in [-0.2, -0.15) is 0 Å². The van der Waals surface area contributed by atoms with Crippen LogP contribution in [0.25, 0.3) is 0 Å². The minimum atomic E-state index is -4.33. The molecule has 0 aliphatic carbocycles. The molecule has 3 unspecified atom stereocenters. The van der Waals surface area contributed by atoms with Crippen LogP contribution in [-0.4, -0.2) is 47.8 Å². The van der Waals surface area contributed by atoms with E-state index >= 15 is 0 Å². The van der Waals surface area contributed by atoms with Crippen LogP contribution in [0.3, 0.4) is 0 Å². The predicted octanol–water partition coefficient (Wildman–Crippen LogP) is 9.05. The molecule has 0 aromatic carbocycles. The van der Waals surface area contributed by atoms with Gasteiger partial charge in [0.2, 0.25) is 5.91 Å². The molecule has 0 saturated heterocycles. The van der Waals surface area contributed by atoms with Gasteiger partial charge < -0.3 is 21.1 Å². The average Bonchev–Trinajstić information content (AvgIpc) is 3.01. The van der Waals surface area contributed by atoms with E-state index < -0.39 is 20.0 Å². The van der Waals surface area contributed by atoms with Crippen molar-refractivity contribution in [2.75, 3.05) is 19.8 Å². The van der Waals surface area contributed by atoms with Crippen molar-refractivity contribution in [2.24, 2.45) is 5.73 Å². The minimum Gasteiger partial charge on any atom is -0.387 e. The Hall–Kier alpha value is -1.02. The molecule has 5 N–H and O–H groups in total. The zero-order chi connectivity index (χ0) is 32.6. The predicted molar refractivity (Wildman–Crippen MR) is 185 cm³/mol. The summed E-state index contributed by atoms with van der Waals surface area (Å²) in [7, 11) is -4.33. The summed E-state index contributed by atoms with van der Waals surface area (Å²) >= 11 is 0. The van der Waals surface area contributed by atoms with Crippen LogP contribution in [0, 0.1) is 0 Å². The van der Waals surface area contributed by atoms with Crippen molar-refractivity contribution < 1.29 is 28.4 Å². The second kappa shape index (κ2) is 31.9. The molecule has 3 atom stereocenters. The fourth-order valence-corrected chi connectivity index (χ4v) is 5.77. The highest BCUT2D eigenvalue weighted by atomic mass is 31.2. The first kappa shape index (κ1) is 43.0. The number of unbranched alkanes of at least 4 members (excludes halogenated alkanes) is 19. The molecule has 0 aliphatic heterocycles. The highest BCUT2D eigenvalue weighted by molar-refractivity contribution is 7.47. The van der Waals surface area contributed by atoms with E-state index in [-0.39, 0.29) is 25.7 Å². The van der Waals surface area contributed by atoms with Crippen molar-refractivity contribution in [1.29, 1.82) is 0 Å². The van der Waals surface area contributed by atoms with E-state index in [1.165, 1.54) is 89.9 Å². The number of amides is 1. The molecule has 0 saturated carbocycles. The Morgan fingerprint density at radius 1 is 0.727 bits per heavy atom. The quantitative estimate of drug-likeness (QED) is 0.0318. The van der Waals surface area contributed by atoms with Crippen molar-refractivity contribution >= 4 is 13.7 Å². The summed E-state index contributed by atoms with van der Waals surface area (Å²) in [6, 6.07) is -0.859. The number of nitrogens with two attached hydrogens (primary N) is 1. The Labute approximate surface area is 270 Å². The lowest BCUT2D eigenvalue weighted by molar-refractivity contribution is -0.123. The van der Waals surface area contributed by atoms with Gasteiger partial charge in [0.05, 0.1) is 25.4 Å². The van der Waals surface area contributed by atoms with Crippen molar-refractivity contribution in [3.05, 3.63) is 24.3 Å². The third-order valence-electron chi connectivity index (χ3n) is 7.77. The molecule has 9 heteroatoms. The zero-order valence-corrected chi connectivity index (χ0v) is 29.3. The fourth-order valence-electron chi connectivity index (χ4n) is 5.01. The highest BCUT2D eigenvalue weighted by Gasteiger charge is 2.26. The number of phosphoric ester groups is 1. The lowest BCUT2D eigenvalue weighted by Gasteiger charge is -2.23. The first-order chi connectivity index (χ1) is 21.4. The Morgan fingerprint density at radius 2 is 1.18 bits per heavy atom. The molecular formula is C35H69N2O6P. The maximum Gasteiger partial charge on any atom is 0.472 e. The Morgan fingerprint density at radius 3 is 1.73 bits per heavy atom. The summed E-state index contributed by atoms with van der Waals surface area (Å²) in [4.78, 5) is 22.5. The second-order valence-corrected chi connectivity index (χ2v) is 13.5. The summed E-state index contributed by atoms with van der Waals surface area (Å²) < 4.78 is 22.0. The zero-order valence-electron chi connectivity index (χ0n) is 28.4. The number of nitrogens with one attached hydrogen (secondary N) is 1. The number of phosphoric acid groups is 1. The van der Waals surface area contributed by atoms with Gasteiger partial charge in [0.25, 0.3) is 0 Å². The van der Waals surface area contributed by atoms with Crippen LogP contribution >= 0.6 is 7.82 Å². The molecule has 260 valence electrons. The van der Waals surface area contributed by atoms with Crippen molar-refractivity contribution in [1.82, 2.24) is 5.32 Å². The van der Waals surface area contributed by atoms with Crippen molar-refractivity contribution in [3.8, 4) is 0 Å². The van der Waals surface area contributed by atoms with Gasteiger partial charge >= 0.3 is 7.82 Å². The first-order valence-electron chi connectivity index (χ1n) is 18.0. The lowest BCUT2D eigenvalue weighted by Crippen LogP contribution is -2.45. The van der Waals surface area contributed by atoms with E-state index in [0.29, 0.717) is 6.42 Å². The van der Waals surface area contributed by atoms with Gasteiger partial charge in [-0.05, 0) is 44.9 Å². The number of rotatable bonds is 33. The van der Waals surface area contributed by atoms with Gasteiger partial charge in [0.1, 0.15) is 0 Å². The normalized spacial score (nSPS) is 14.8. The SMILES string of the molecule is CCCCC/C=C\CCCCCCCC(=O)NC(COP(=O)(O)OCCN)C(O)/C=C/CCCCCCCCCCCCC. The largest absolute Gasteiger partial charge is 0.472 e. The molecule has 0 fully saturated rings. The van der Waals surface area contributed by atoms with Crippen LogP contribution in [0.5, 0.6) is 0 Å². The number of carbonyl (C=O) groups is 1. The molecule has 0 spiro atoms. The summed E-state index contributed by atoms with van der Waals surface area (Å²) in [5, 5.41) is 13.6. The topological polar surface area (TPSA) is 131 Å². The summed E-state index contributed by atoms with van der Waals surface area (Å²) in [5.74, 6) is -0.206. The molecular weight excluding hydrogens is 575 g/mol. The van der Waals surface area contributed by atoms with Gasteiger partial charge in [-0.25, -0.2) is 4.57 Å². The third-order valence-corrected chi connectivity index (χ3v) is 8.76. The summed E-state index contributed by atoms with van der Waals surface area (Å²) in [6.07, 6.45) is 33.6. The second-order valence-electron chi connectivity index (χ2n) is 12.1. The number of aliphatic hydroxyl groups excluding tert-OH is 1. The Balaban J connectivity index is 4.38. The molecule has 0 heterocycles. The molecule has 0 bridgehead atoms. The van der Waals surface area contributed by atoms with Crippen LogP contribution < -0.4 is 11.1 Å². The van der Waals surface area contributed by atoms with E-state index in [4.69, 9.17) is 14.8 Å². The maximum atomic E-state index is 12.6. The summed E-state index contributed by atoms with van der Waals surface area (Å²) in [6.45, 7) is 4.08. The fraction of sp³-hybridized carbons (Fsp3) is 0.857. The highest BCUT2D eigenvalue weighted by Crippen LogP contribution is 2.43. The average molecular weight is 645 g/mol. The van der Waals surface area contributed by atoms with Crippen LogP contribution in [0.4, 0.5) is 0 Å². The molecule has 1 amide bonds. The number of aliphatic hydroxyl groups is 1. The number of hydrogen-bond donors (Lipinski definition) is 4. The van der Waals surface area contributed by atoms with Gasteiger partial charge in [-0.1, -0.05) is 134 Å². The molecule has 44 heavy (non-hydrogen) atoms. The molecule has 0 aromatic rings. The van der Waals surface area contributed by atoms with Gasteiger partial charge in [-0.3, -0.25) is 13.8 Å². The van der Waals surface area contributed by atoms with Crippen LogP contribution in [0.1, 0.15) is 162 Å². The smallest absolute Gasteiger partial charge is 0.387 e. The maximum absolute atomic E-state index is 12.6. The minimum absolute atomic E-state index is 0.0776. The molecule has 0 rings (SSSR count). The lowest BCUT2D eigenvalue weighted by atomic mass is 10.0. The monoisotopic (exact) mass is 644 g/mol. The molecule has 8 nitrogen and oxygen atoms in total. The number of allylic oxidation sites excluding steroid dienone is 3. The van der Waals surface area contributed by atoms with Gasteiger partial charge in [-0.15, -0.1) is 0 Å². The first-order valence-corrected chi connectivity index (χ1v) is 19.5.